The molecule has 5 nitrogen and oxygen atoms in total. The quantitative estimate of drug-likeness (QED) is 0.612. The summed E-state index contributed by atoms with van der Waals surface area (Å²) in [7, 11) is -3.99. The van der Waals surface area contributed by atoms with Crippen molar-refractivity contribution in [3.8, 4) is 0 Å². The van der Waals surface area contributed by atoms with Crippen LogP contribution in [0.2, 0.25) is 0 Å². The predicted octanol–water partition coefficient (Wildman–Crippen LogP) is 3.69. The fourth-order valence-electron chi connectivity index (χ4n) is 3.41. The molecular formula is C20H29F3N2O3S. The van der Waals surface area contributed by atoms with Crippen molar-refractivity contribution in [2.24, 2.45) is 0 Å². The standard InChI is InChI=1S/C20H29F3N2O3S/c1-19(2,11-12-24-14-18(26)25-16-8-4-3-5-9-16)29(27,28)17-10-6-7-15(13-17)20(21,22)23/h6-7,10,13,16,24H,3-5,8-9,11-12,14H2,1-2H3,(H,25,26). The monoisotopic (exact) mass is 434 g/mol. The summed E-state index contributed by atoms with van der Waals surface area (Å²) in [4.78, 5) is 11.6. The Labute approximate surface area is 170 Å². The van der Waals surface area contributed by atoms with E-state index < -0.39 is 26.3 Å². The Balaban J connectivity index is 1.90. The number of nitrogens with one attached hydrogen (secondary N) is 2. The van der Waals surface area contributed by atoms with Crippen molar-refractivity contribution >= 4 is 15.7 Å². The van der Waals surface area contributed by atoms with E-state index in [1.807, 2.05) is 0 Å². The molecule has 0 atom stereocenters. The van der Waals surface area contributed by atoms with Crippen LogP contribution < -0.4 is 10.6 Å². The van der Waals surface area contributed by atoms with Gasteiger partial charge in [0.1, 0.15) is 0 Å². The summed E-state index contributed by atoms with van der Waals surface area (Å²) in [6, 6.07) is 3.99. The van der Waals surface area contributed by atoms with Crippen LogP contribution in [-0.2, 0) is 20.8 Å². The molecule has 0 saturated heterocycles. The number of benzene rings is 1. The first-order chi connectivity index (χ1) is 13.4. The first kappa shape index (κ1) is 23.7. The van der Waals surface area contributed by atoms with Crippen LogP contribution >= 0.6 is 0 Å². The molecule has 2 rings (SSSR count). The summed E-state index contributed by atoms with van der Waals surface area (Å²) in [5, 5.41) is 5.90. The van der Waals surface area contributed by atoms with Gasteiger partial charge < -0.3 is 10.6 Å². The van der Waals surface area contributed by atoms with Gasteiger partial charge in [-0.25, -0.2) is 8.42 Å². The minimum atomic E-state index is -4.61. The molecule has 0 unspecified atom stereocenters. The average Bonchev–Trinajstić information content (AvgIpc) is 2.65. The molecule has 1 amide bonds. The first-order valence-electron chi connectivity index (χ1n) is 9.85. The Morgan fingerprint density at radius 2 is 1.79 bits per heavy atom. The Kier molecular flexibility index (Phi) is 7.73. The van der Waals surface area contributed by atoms with E-state index >= 15 is 0 Å². The molecule has 0 radical (unpaired) electrons. The lowest BCUT2D eigenvalue weighted by Gasteiger charge is -2.26. The number of sulfone groups is 1. The minimum Gasteiger partial charge on any atom is -0.352 e. The van der Waals surface area contributed by atoms with Crippen LogP contribution in [0.5, 0.6) is 0 Å². The van der Waals surface area contributed by atoms with Gasteiger partial charge in [0.2, 0.25) is 5.91 Å². The van der Waals surface area contributed by atoms with Gasteiger partial charge in [-0.1, -0.05) is 25.3 Å². The number of rotatable bonds is 8. The van der Waals surface area contributed by atoms with E-state index in [-0.39, 0.29) is 36.4 Å². The van der Waals surface area contributed by atoms with Crippen molar-refractivity contribution in [1.29, 1.82) is 0 Å². The third-order valence-electron chi connectivity index (χ3n) is 5.36. The fraction of sp³-hybridized carbons (Fsp3) is 0.650. The van der Waals surface area contributed by atoms with Crippen LogP contribution in [0, 0.1) is 0 Å². The molecule has 0 spiro atoms. The summed E-state index contributed by atoms with van der Waals surface area (Å²) >= 11 is 0. The van der Waals surface area contributed by atoms with E-state index in [1.165, 1.54) is 26.3 Å². The Morgan fingerprint density at radius 1 is 1.14 bits per heavy atom. The molecule has 0 aromatic heterocycles. The van der Waals surface area contributed by atoms with Gasteiger partial charge in [-0.3, -0.25) is 4.79 Å². The van der Waals surface area contributed by atoms with Crippen molar-refractivity contribution in [1.82, 2.24) is 10.6 Å². The maximum Gasteiger partial charge on any atom is 0.416 e. The van der Waals surface area contributed by atoms with Crippen LogP contribution in [0.1, 0.15) is 57.9 Å². The zero-order valence-electron chi connectivity index (χ0n) is 16.8. The Morgan fingerprint density at radius 3 is 2.41 bits per heavy atom. The molecule has 1 fully saturated rings. The van der Waals surface area contributed by atoms with Gasteiger partial charge in [0, 0.05) is 6.04 Å². The number of alkyl halides is 3. The van der Waals surface area contributed by atoms with E-state index in [0.717, 1.165) is 37.8 Å². The van der Waals surface area contributed by atoms with E-state index in [2.05, 4.69) is 10.6 Å². The van der Waals surface area contributed by atoms with Crippen LogP contribution in [-0.4, -0.2) is 38.2 Å². The normalized spacial score (nSPS) is 16.6. The molecule has 0 heterocycles. The molecule has 1 aliphatic rings. The molecule has 1 saturated carbocycles. The minimum absolute atomic E-state index is 0.0796. The topological polar surface area (TPSA) is 75.3 Å². The van der Waals surface area contributed by atoms with E-state index in [0.29, 0.717) is 6.07 Å². The summed E-state index contributed by atoms with van der Waals surface area (Å²) < 4.78 is 63.1. The zero-order valence-corrected chi connectivity index (χ0v) is 17.6. The smallest absolute Gasteiger partial charge is 0.352 e. The first-order valence-corrected chi connectivity index (χ1v) is 11.3. The highest BCUT2D eigenvalue weighted by Crippen LogP contribution is 2.34. The van der Waals surface area contributed by atoms with Crippen molar-refractivity contribution in [3.05, 3.63) is 29.8 Å². The summed E-state index contributed by atoms with van der Waals surface area (Å²) in [6.45, 7) is 3.29. The van der Waals surface area contributed by atoms with E-state index in [4.69, 9.17) is 0 Å². The van der Waals surface area contributed by atoms with Gasteiger partial charge in [0.05, 0.1) is 21.8 Å². The average molecular weight is 435 g/mol. The van der Waals surface area contributed by atoms with E-state index in [1.54, 1.807) is 0 Å². The number of hydrogen-bond acceptors (Lipinski definition) is 4. The second kappa shape index (κ2) is 9.47. The van der Waals surface area contributed by atoms with Gasteiger partial charge in [-0.2, -0.15) is 13.2 Å². The third kappa shape index (κ3) is 6.44. The van der Waals surface area contributed by atoms with Gasteiger partial charge in [-0.15, -0.1) is 0 Å². The zero-order chi connectivity index (χ0) is 21.7. The molecule has 1 aliphatic carbocycles. The number of carbonyl (C=O) groups is 1. The molecule has 0 aliphatic heterocycles. The maximum atomic E-state index is 12.9. The molecule has 1 aromatic rings. The SMILES string of the molecule is CC(C)(CCNCC(=O)NC1CCCCC1)S(=O)(=O)c1cccc(C(F)(F)F)c1. The second-order valence-corrected chi connectivity index (χ2v) is 10.7. The van der Waals surface area contributed by atoms with Crippen LogP contribution in [0.25, 0.3) is 0 Å². The lowest BCUT2D eigenvalue weighted by Crippen LogP contribution is -2.42. The Bertz CT molecular complexity index is 801. The number of carbonyl (C=O) groups excluding carboxylic acids is 1. The lowest BCUT2D eigenvalue weighted by atomic mass is 9.95. The van der Waals surface area contributed by atoms with Gasteiger partial charge >= 0.3 is 6.18 Å². The highest BCUT2D eigenvalue weighted by Gasteiger charge is 2.37. The summed E-state index contributed by atoms with van der Waals surface area (Å²) in [5.74, 6) is -0.129. The lowest BCUT2D eigenvalue weighted by molar-refractivity contribution is -0.137. The largest absolute Gasteiger partial charge is 0.416 e. The summed E-state index contributed by atoms with van der Waals surface area (Å²) in [6.07, 6.45) is 0.924. The highest BCUT2D eigenvalue weighted by molar-refractivity contribution is 7.92. The Hall–Kier alpha value is -1.61. The molecule has 2 N–H and O–H groups in total. The highest BCUT2D eigenvalue weighted by atomic mass is 32.2. The van der Waals surface area contributed by atoms with Crippen molar-refractivity contribution < 1.29 is 26.4 Å². The second-order valence-electron chi connectivity index (χ2n) is 8.12. The summed E-state index contributed by atoms with van der Waals surface area (Å²) in [5.41, 5.74) is -0.994. The van der Waals surface area contributed by atoms with Crippen LogP contribution in [0.3, 0.4) is 0 Å². The van der Waals surface area contributed by atoms with Crippen LogP contribution in [0.15, 0.2) is 29.2 Å². The number of amides is 1. The van der Waals surface area contributed by atoms with Crippen LogP contribution in [0.4, 0.5) is 13.2 Å². The molecule has 29 heavy (non-hydrogen) atoms. The maximum absolute atomic E-state index is 12.9. The molecular weight excluding hydrogens is 405 g/mol. The van der Waals surface area contributed by atoms with Gasteiger partial charge in [0.25, 0.3) is 0 Å². The van der Waals surface area contributed by atoms with Crippen molar-refractivity contribution in [3.63, 3.8) is 0 Å². The number of halogens is 3. The molecule has 0 bridgehead atoms. The van der Waals surface area contributed by atoms with Crippen molar-refractivity contribution in [2.45, 2.75) is 74.2 Å². The molecule has 9 heteroatoms. The molecule has 164 valence electrons. The molecule has 1 aromatic carbocycles. The third-order valence-corrected chi connectivity index (χ3v) is 7.89. The van der Waals surface area contributed by atoms with Gasteiger partial charge in [-0.05, 0) is 57.9 Å². The van der Waals surface area contributed by atoms with E-state index in [9.17, 15) is 26.4 Å². The fourth-order valence-corrected chi connectivity index (χ4v) is 4.96. The predicted molar refractivity (Wildman–Crippen MR) is 105 cm³/mol. The number of hydrogen-bond donors (Lipinski definition) is 2. The van der Waals surface area contributed by atoms with Gasteiger partial charge in [0.15, 0.2) is 9.84 Å². The van der Waals surface area contributed by atoms with Crippen molar-refractivity contribution in [2.75, 3.05) is 13.1 Å².